The molecule has 1 aromatic heterocycles. The molecule has 1 saturated heterocycles. The van der Waals surface area contributed by atoms with Gasteiger partial charge in [-0.1, -0.05) is 42.5 Å². The van der Waals surface area contributed by atoms with Crippen LogP contribution in [-0.2, 0) is 4.79 Å². The zero-order valence-corrected chi connectivity index (χ0v) is 16.3. The molecule has 1 aromatic carbocycles. The van der Waals surface area contributed by atoms with Crippen molar-refractivity contribution in [1.82, 2.24) is 15.1 Å². The van der Waals surface area contributed by atoms with Crippen LogP contribution in [0.15, 0.2) is 53.2 Å². The van der Waals surface area contributed by atoms with E-state index in [9.17, 15) is 9.59 Å². The van der Waals surface area contributed by atoms with Crippen molar-refractivity contribution in [3.63, 3.8) is 0 Å². The molecule has 0 unspecified atom stereocenters. The monoisotopic (exact) mass is 381 g/mol. The van der Waals surface area contributed by atoms with Gasteiger partial charge in [0.15, 0.2) is 0 Å². The molecule has 148 valence electrons. The number of hydrogen-bond acceptors (Lipinski definition) is 4. The van der Waals surface area contributed by atoms with Gasteiger partial charge in [0.25, 0.3) is 5.91 Å². The van der Waals surface area contributed by atoms with Crippen molar-refractivity contribution in [3.8, 4) is 0 Å². The van der Waals surface area contributed by atoms with E-state index >= 15 is 0 Å². The van der Waals surface area contributed by atoms with Crippen LogP contribution in [0, 0.1) is 6.92 Å². The number of benzene rings is 1. The highest BCUT2D eigenvalue weighted by Gasteiger charge is 2.20. The molecule has 2 amide bonds. The smallest absolute Gasteiger partial charge is 0.254 e. The highest BCUT2D eigenvalue weighted by atomic mass is 16.3. The molecule has 1 N–H and O–H groups in total. The van der Waals surface area contributed by atoms with Crippen LogP contribution < -0.4 is 5.32 Å². The van der Waals surface area contributed by atoms with Gasteiger partial charge in [-0.2, -0.15) is 0 Å². The minimum absolute atomic E-state index is 0.0868. The minimum atomic E-state index is -0.200. The SMILES string of the molecule is Cc1occc1C(=O)NCCC(=O)N1CCN(C/C=C/c2ccccc2)CC1. The Hall–Kier alpha value is -2.86. The Morgan fingerprint density at radius 3 is 2.54 bits per heavy atom. The molecule has 0 saturated carbocycles. The predicted molar refractivity (Wildman–Crippen MR) is 109 cm³/mol. The van der Waals surface area contributed by atoms with Crippen LogP contribution in [0.4, 0.5) is 0 Å². The van der Waals surface area contributed by atoms with E-state index in [1.54, 1.807) is 13.0 Å². The summed E-state index contributed by atoms with van der Waals surface area (Å²) in [7, 11) is 0. The van der Waals surface area contributed by atoms with Gasteiger partial charge < -0.3 is 14.6 Å². The van der Waals surface area contributed by atoms with Crippen LogP contribution in [0.3, 0.4) is 0 Å². The molecule has 0 spiro atoms. The third kappa shape index (κ3) is 5.57. The van der Waals surface area contributed by atoms with Crippen LogP contribution in [0.1, 0.15) is 28.1 Å². The fraction of sp³-hybridized carbons (Fsp3) is 0.364. The van der Waals surface area contributed by atoms with Crippen LogP contribution in [-0.4, -0.2) is 60.9 Å². The molecule has 0 radical (unpaired) electrons. The summed E-state index contributed by atoms with van der Waals surface area (Å²) in [6, 6.07) is 11.9. The van der Waals surface area contributed by atoms with Gasteiger partial charge in [0.1, 0.15) is 5.76 Å². The van der Waals surface area contributed by atoms with Gasteiger partial charge in [0.05, 0.1) is 11.8 Å². The molecule has 1 aliphatic heterocycles. The Morgan fingerprint density at radius 1 is 1.11 bits per heavy atom. The molecule has 2 aromatic rings. The maximum Gasteiger partial charge on any atom is 0.254 e. The van der Waals surface area contributed by atoms with Crippen LogP contribution in [0.25, 0.3) is 6.08 Å². The first kappa shape index (κ1) is 19.9. The second-order valence-corrected chi connectivity index (χ2v) is 6.89. The summed E-state index contributed by atoms with van der Waals surface area (Å²) in [5.41, 5.74) is 1.72. The van der Waals surface area contributed by atoms with Gasteiger partial charge in [-0.3, -0.25) is 14.5 Å². The molecule has 6 heteroatoms. The highest BCUT2D eigenvalue weighted by Crippen LogP contribution is 2.09. The average molecular weight is 381 g/mol. The van der Waals surface area contributed by atoms with E-state index in [0.717, 1.165) is 32.7 Å². The van der Waals surface area contributed by atoms with Crippen molar-refractivity contribution in [2.45, 2.75) is 13.3 Å². The predicted octanol–water partition coefficient (Wildman–Crippen LogP) is 2.57. The summed E-state index contributed by atoms with van der Waals surface area (Å²) in [5.74, 6) is 0.471. The normalized spacial score (nSPS) is 15.1. The van der Waals surface area contributed by atoms with Crippen LogP contribution in [0.2, 0.25) is 0 Å². The largest absolute Gasteiger partial charge is 0.469 e. The van der Waals surface area contributed by atoms with Gasteiger partial charge in [-0.15, -0.1) is 0 Å². The second-order valence-electron chi connectivity index (χ2n) is 6.89. The van der Waals surface area contributed by atoms with Crippen LogP contribution in [0.5, 0.6) is 0 Å². The number of carbonyl (C=O) groups is 2. The van der Waals surface area contributed by atoms with Crippen molar-refractivity contribution >= 4 is 17.9 Å². The van der Waals surface area contributed by atoms with Gasteiger partial charge in [0, 0.05) is 45.7 Å². The zero-order chi connectivity index (χ0) is 19.8. The average Bonchev–Trinajstić information content (AvgIpc) is 3.15. The van der Waals surface area contributed by atoms with Gasteiger partial charge in [0.2, 0.25) is 5.91 Å². The van der Waals surface area contributed by atoms with E-state index in [-0.39, 0.29) is 11.8 Å². The molecule has 0 atom stereocenters. The van der Waals surface area contributed by atoms with Crippen molar-refractivity contribution in [1.29, 1.82) is 0 Å². The maximum atomic E-state index is 12.4. The maximum absolute atomic E-state index is 12.4. The number of carbonyl (C=O) groups excluding carboxylic acids is 2. The lowest BCUT2D eigenvalue weighted by atomic mass is 10.2. The summed E-state index contributed by atoms with van der Waals surface area (Å²) in [6.07, 6.45) is 6.10. The Morgan fingerprint density at radius 2 is 1.86 bits per heavy atom. The molecule has 1 aliphatic rings. The number of nitrogens with one attached hydrogen (secondary N) is 1. The Balaban J connectivity index is 1.34. The molecule has 28 heavy (non-hydrogen) atoms. The van der Waals surface area contributed by atoms with Crippen molar-refractivity contribution < 1.29 is 14.0 Å². The summed E-state index contributed by atoms with van der Waals surface area (Å²) in [5, 5.41) is 2.78. The van der Waals surface area contributed by atoms with E-state index < -0.39 is 0 Å². The van der Waals surface area contributed by atoms with Gasteiger partial charge in [-0.05, 0) is 18.6 Å². The number of piperazine rings is 1. The molecular formula is C22H27N3O3. The summed E-state index contributed by atoms with van der Waals surface area (Å²) >= 11 is 0. The number of nitrogens with zero attached hydrogens (tertiary/aromatic N) is 2. The lowest BCUT2D eigenvalue weighted by molar-refractivity contribution is -0.132. The standard InChI is InChI=1S/C22H27N3O3/c1-18-20(10-17-28-18)22(27)23-11-9-21(26)25-15-13-24(14-16-25)12-5-8-19-6-3-2-4-7-19/h2-8,10,17H,9,11-16H2,1H3,(H,23,27)/b8-5+. The van der Waals surface area contributed by atoms with Crippen molar-refractivity contribution in [2.75, 3.05) is 39.3 Å². The fourth-order valence-electron chi connectivity index (χ4n) is 3.24. The first-order valence-electron chi connectivity index (χ1n) is 9.67. The molecule has 3 rings (SSSR count). The lowest BCUT2D eigenvalue weighted by Crippen LogP contribution is -2.49. The van der Waals surface area contributed by atoms with E-state index in [0.29, 0.717) is 24.3 Å². The van der Waals surface area contributed by atoms with E-state index in [1.807, 2.05) is 23.1 Å². The molecular weight excluding hydrogens is 354 g/mol. The number of amides is 2. The quantitative estimate of drug-likeness (QED) is 0.801. The first-order chi connectivity index (χ1) is 13.6. The van der Waals surface area contributed by atoms with E-state index in [2.05, 4.69) is 34.5 Å². The summed E-state index contributed by atoms with van der Waals surface area (Å²) in [4.78, 5) is 28.6. The van der Waals surface area contributed by atoms with Crippen molar-refractivity contribution in [2.24, 2.45) is 0 Å². The second kappa shape index (κ2) is 9.90. The Kier molecular flexibility index (Phi) is 7.03. The molecule has 0 bridgehead atoms. The van der Waals surface area contributed by atoms with Gasteiger partial charge in [-0.25, -0.2) is 0 Å². The number of hydrogen-bond donors (Lipinski definition) is 1. The summed E-state index contributed by atoms with van der Waals surface area (Å²) in [6.45, 7) is 6.16. The summed E-state index contributed by atoms with van der Waals surface area (Å²) < 4.78 is 5.13. The Labute approximate surface area is 165 Å². The van der Waals surface area contributed by atoms with Gasteiger partial charge >= 0.3 is 0 Å². The third-order valence-corrected chi connectivity index (χ3v) is 4.93. The topological polar surface area (TPSA) is 65.8 Å². The number of furan rings is 1. The van der Waals surface area contributed by atoms with E-state index in [1.165, 1.54) is 11.8 Å². The lowest BCUT2D eigenvalue weighted by Gasteiger charge is -2.34. The first-order valence-corrected chi connectivity index (χ1v) is 9.67. The zero-order valence-electron chi connectivity index (χ0n) is 16.3. The number of aryl methyl sites for hydroxylation is 1. The van der Waals surface area contributed by atoms with Crippen molar-refractivity contribution in [3.05, 3.63) is 65.6 Å². The van der Waals surface area contributed by atoms with E-state index in [4.69, 9.17) is 4.42 Å². The fourth-order valence-corrected chi connectivity index (χ4v) is 3.24. The highest BCUT2D eigenvalue weighted by molar-refractivity contribution is 5.95. The molecule has 2 heterocycles. The molecule has 6 nitrogen and oxygen atoms in total. The van der Waals surface area contributed by atoms with Crippen LogP contribution >= 0.6 is 0 Å². The molecule has 0 aliphatic carbocycles. The Bertz CT molecular complexity index is 805. The molecule has 1 fully saturated rings. The minimum Gasteiger partial charge on any atom is -0.469 e. The number of rotatable bonds is 7. The third-order valence-electron chi connectivity index (χ3n) is 4.93.